The zero-order chi connectivity index (χ0) is 17.6. The van der Waals surface area contributed by atoms with Crippen molar-refractivity contribution in [1.82, 2.24) is 0 Å². The Morgan fingerprint density at radius 3 is 2.85 bits per heavy atom. The summed E-state index contributed by atoms with van der Waals surface area (Å²) < 4.78 is 21.9. The fourth-order valence-corrected chi connectivity index (χ4v) is 4.51. The second-order valence-electron chi connectivity index (χ2n) is 7.10. The fourth-order valence-electron chi connectivity index (χ4n) is 4.51. The van der Waals surface area contributed by atoms with Gasteiger partial charge in [-0.05, 0) is 41.8 Å². The zero-order valence-electron chi connectivity index (χ0n) is 13.9. The minimum absolute atomic E-state index is 0.0816. The number of epoxide rings is 1. The minimum Gasteiger partial charge on any atom is -0.472 e. The molecule has 0 bridgehead atoms. The van der Waals surface area contributed by atoms with Crippen LogP contribution >= 0.6 is 0 Å². The van der Waals surface area contributed by atoms with Crippen LogP contribution < -0.4 is 0 Å². The number of carbonyl (C=O) groups excluding carboxylic acids is 2. The number of rotatable bonds is 1. The third kappa shape index (κ3) is 1.69. The summed E-state index contributed by atoms with van der Waals surface area (Å²) in [5.74, 6) is -0.807. The monoisotopic (exact) mass is 350 g/mol. The van der Waals surface area contributed by atoms with E-state index in [2.05, 4.69) is 0 Å². The first-order valence-corrected chi connectivity index (χ1v) is 8.58. The summed E-state index contributed by atoms with van der Waals surface area (Å²) >= 11 is 0. The Balaban J connectivity index is 1.59. The van der Waals surface area contributed by atoms with E-state index in [-0.39, 0.29) is 30.1 Å². The lowest BCUT2D eigenvalue weighted by Crippen LogP contribution is -2.09. The lowest BCUT2D eigenvalue weighted by atomic mass is 9.83. The van der Waals surface area contributed by atoms with Gasteiger partial charge in [0.2, 0.25) is 0 Å². The molecular formula is C20H14O6. The van der Waals surface area contributed by atoms with Gasteiger partial charge < -0.3 is 18.6 Å². The van der Waals surface area contributed by atoms with Crippen molar-refractivity contribution >= 4 is 11.9 Å². The van der Waals surface area contributed by atoms with Crippen LogP contribution in [0.15, 0.2) is 40.7 Å². The van der Waals surface area contributed by atoms with Crippen LogP contribution in [0.25, 0.3) is 0 Å². The van der Waals surface area contributed by atoms with Crippen LogP contribution in [0.2, 0.25) is 0 Å². The van der Waals surface area contributed by atoms with Crippen molar-refractivity contribution in [3.05, 3.63) is 69.7 Å². The van der Waals surface area contributed by atoms with Crippen molar-refractivity contribution in [3.8, 4) is 0 Å². The standard InChI is InChI=1S/C20H14O6/c1-8-15-10(13-7-24-19(21)11(13)5-14-18(15)25-14)4-12-16(8)17(26-20(12)22)9-2-3-23-6-9/h2-6,13-14,17-18H,7H2,1H3/t13-,14+,17+,18+/m1/s1. The lowest BCUT2D eigenvalue weighted by Gasteiger charge is -2.19. The summed E-state index contributed by atoms with van der Waals surface area (Å²) in [4.78, 5) is 24.6. The van der Waals surface area contributed by atoms with Crippen LogP contribution in [0.4, 0.5) is 0 Å². The van der Waals surface area contributed by atoms with E-state index in [1.54, 1.807) is 18.6 Å². The van der Waals surface area contributed by atoms with E-state index in [1.165, 1.54) is 0 Å². The number of esters is 2. The molecule has 0 N–H and O–H groups in total. The molecule has 6 nitrogen and oxygen atoms in total. The second-order valence-corrected chi connectivity index (χ2v) is 7.10. The van der Waals surface area contributed by atoms with Gasteiger partial charge in [0.1, 0.15) is 18.8 Å². The number of cyclic esters (lactones) is 2. The molecule has 0 amide bonds. The maximum atomic E-state index is 12.5. The van der Waals surface area contributed by atoms with Crippen molar-refractivity contribution in [2.45, 2.75) is 31.2 Å². The van der Waals surface area contributed by atoms with Gasteiger partial charge in [-0.25, -0.2) is 9.59 Å². The van der Waals surface area contributed by atoms with Gasteiger partial charge in [-0.15, -0.1) is 0 Å². The summed E-state index contributed by atoms with van der Waals surface area (Å²) in [5.41, 5.74) is 5.82. The van der Waals surface area contributed by atoms with Crippen molar-refractivity contribution in [2.24, 2.45) is 0 Å². The first kappa shape index (κ1) is 14.3. The summed E-state index contributed by atoms with van der Waals surface area (Å²) in [7, 11) is 0. The topological polar surface area (TPSA) is 78.3 Å². The first-order chi connectivity index (χ1) is 12.6. The Bertz CT molecular complexity index is 1020. The molecule has 0 saturated carbocycles. The van der Waals surface area contributed by atoms with Gasteiger partial charge in [-0.3, -0.25) is 0 Å². The third-order valence-electron chi connectivity index (χ3n) is 5.78. The van der Waals surface area contributed by atoms with Gasteiger partial charge in [-0.1, -0.05) is 0 Å². The van der Waals surface area contributed by atoms with Crippen LogP contribution in [0.5, 0.6) is 0 Å². The first-order valence-electron chi connectivity index (χ1n) is 8.58. The SMILES string of the molecule is Cc1c2c(cc3c1[C@H]1O[C@H]1C=C1C(=O)OC[C@@H]13)C(=O)O[C@H]2c1ccoc1. The van der Waals surface area contributed by atoms with Crippen molar-refractivity contribution in [1.29, 1.82) is 0 Å². The average molecular weight is 350 g/mol. The summed E-state index contributed by atoms with van der Waals surface area (Å²) in [6.07, 6.45) is 4.37. The number of fused-ring (bicyclic) bond motifs is 6. The quantitative estimate of drug-likeness (QED) is 0.581. The molecule has 4 heterocycles. The lowest BCUT2D eigenvalue weighted by molar-refractivity contribution is -0.135. The maximum absolute atomic E-state index is 12.5. The van der Waals surface area contributed by atoms with E-state index in [1.807, 2.05) is 19.1 Å². The largest absolute Gasteiger partial charge is 0.472 e. The number of hydrogen-bond donors (Lipinski definition) is 0. The van der Waals surface area contributed by atoms with Crippen LogP contribution in [-0.4, -0.2) is 24.6 Å². The molecule has 4 atom stereocenters. The molecule has 130 valence electrons. The third-order valence-corrected chi connectivity index (χ3v) is 5.78. The molecule has 6 heteroatoms. The van der Waals surface area contributed by atoms with E-state index in [4.69, 9.17) is 18.6 Å². The summed E-state index contributed by atoms with van der Waals surface area (Å²) in [6, 6.07) is 3.67. The Morgan fingerprint density at radius 1 is 1.15 bits per heavy atom. The van der Waals surface area contributed by atoms with Crippen LogP contribution in [0, 0.1) is 6.92 Å². The molecular weight excluding hydrogens is 336 g/mol. The van der Waals surface area contributed by atoms with Crippen LogP contribution in [0.1, 0.15) is 56.3 Å². The number of hydrogen-bond acceptors (Lipinski definition) is 6. The Kier molecular flexibility index (Phi) is 2.56. The normalized spacial score (nSPS) is 30.4. The minimum atomic E-state index is -0.476. The highest BCUT2D eigenvalue weighted by Crippen LogP contribution is 2.53. The molecule has 3 aliphatic heterocycles. The molecule has 26 heavy (non-hydrogen) atoms. The van der Waals surface area contributed by atoms with E-state index >= 15 is 0 Å². The van der Waals surface area contributed by atoms with Crippen LogP contribution in [0.3, 0.4) is 0 Å². The highest BCUT2D eigenvalue weighted by Gasteiger charge is 2.50. The predicted octanol–water partition coefficient (Wildman–Crippen LogP) is 2.87. The van der Waals surface area contributed by atoms with Gasteiger partial charge in [-0.2, -0.15) is 0 Å². The predicted molar refractivity (Wildman–Crippen MR) is 86.5 cm³/mol. The van der Waals surface area contributed by atoms with E-state index in [9.17, 15) is 9.59 Å². The summed E-state index contributed by atoms with van der Waals surface area (Å²) in [5, 5.41) is 0. The molecule has 1 aromatic carbocycles. The summed E-state index contributed by atoms with van der Waals surface area (Å²) in [6.45, 7) is 2.30. The highest BCUT2D eigenvalue weighted by atomic mass is 16.6. The molecule has 4 aliphatic rings. The Hall–Kier alpha value is -2.86. The maximum Gasteiger partial charge on any atom is 0.339 e. The molecule has 1 aliphatic carbocycles. The molecule has 2 saturated heterocycles. The number of ether oxygens (including phenoxy) is 3. The molecule has 0 radical (unpaired) electrons. The van der Waals surface area contributed by atoms with Crippen molar-refractivity contribution in [2.75, 3.05) is 6.61 Å². The smallest absolute Gasteiger partial charge is 0.339 e. The van der Waals surface area contributed by atoms with Gasteiger partial charge in [0.05, 0.1) is 24.0 Å². The number of furan rings is 1. The zero-order valence-corrected chi connectivity index (χ0v) is 13.9. The van der Waals surface area contributed by atoms with E-state index in [0.29, 0.717) is 17.7 Å². The molecule has 0 spiro atoms. The van der Waals surface area contributed by atoms with Crippen molar-refractivity contribution in [3.63, 3.8) is 0 Å². The van der Waals surface area contributed by atoms with Gasteiger partial charge in [0.25, 0.3) is 0 Å². The average Bonchev–Trinajstić information content (AvgIpc) is 2.95. The highest BCUT2D eigenvalue weighted by molar-refractivity contribution is 5.97. The molecule has 0 unspecified atom stereocenters. The molecule has 6 rings (SSSR count). The van der Waals surface area contributed by atoms with Gasteiger partial charge in [0, 0.05) is 16.7 Å². The molecule has 1 aromatic heterocycles. The Labute approximate surface area is 148 Å². The Morgan fingerprint density at radius 2 is 2.04 bits per heavy atom. The molecule has 2 fully saturated rings. The van der Waals surface area contributed by atoms with Crippen molar-refractivity contribution < 1.29 is 28.2 Å². The van der Waals surface area contributed by atoms with Gasteiger partial charge in [0.15, 0.2) is 6.10 Å². The number of carbonyl (C=O) groups is 2. The van der Waals surface area contributed by atoms with E-state index < -0.39 is 6.10 Å². The fraction of sp³-hybridized carbons (Fsp3) is 0.300. The van der Waals surface area contributed by atoms with Crippen LogP contribution in [-0.2, 0) is 19.0 Å². The van der Waals surface area contributed by atoms with Gasteiger partial charge >= 0.3 is 11.9 Å². The van der Waals surface area contributed by atoms with E-state index in [0.717, 1.165) is 27.8 Å². The second kappa shape index (κ2) is 4.65. The number of benzene rings is 1. The molecule has 2 aromatic rings.